The van der Waals surface area contributed by atoms with Crippen LogP contribution in [-0.2, 0) is 9.59 Å². The molecule has 0 heterocycles. The van der Waals surface area contributed by atoms with Crippen LogP contribution in [0.3, 0.4) is 0 Å². The molecule has 3 heteroatoms. The zero-order valence-electron chi connectivity index (χ0n) is 10.9. The number of fused-ring (bicyclic) bond motifs is 2. The number of carbonyl (C=O) groups is 2. The molecular weight excluding hydrogens is 315 g/mol. The van der Waals surface area contributed by atoms with E-state index in [1.807, 2.05) is 6.07 Å². The van der Waals surface area contributed by atoms with E-state index in [1.54, 1.807) is 0 Å². The SMILES string of the molecule is O=C1C2C3CC4C2C(=O)C2([Se]c5ccccc5)C1C3C42. The zero-order chi connectivity index (χ0) is 13.2. The van der Waals surface area contributed by atoms with Gasteiger partial charge < -0.3 is 0 Å². The van der Waals surface area contributed by atoms with Gasteiger partial charge in [-0.2, -0.15) is 0 Å². The van der Waals surface area contributed by atoms with Crippen molar-refractivity contribution in [3.8, 4) is 0 Å². The molecule has 5 aliphatic rings. The quantitative estimate of drug-likeness (QED) is 0.761. The average Bonchev–Trinajstić information content (AvgIpc) is 2.99. The van der Waals surface area contributed by atoms with Crippen molar-refractivity contribution in [2.45, 2.75) is 10.7 Å². The van der Waals surface area contributed by atoms with Crippen LogP contribution in [-0.4, -0.2) is 26.5 Å². The van der Waals surface area contributed by atoms with Crippen molar-refractivity contribution in [1.29, 1.82) is 0 Å². The van der Waals surface area contributed by atoms with E-state index in [0.29, 0.717) is 35.2 Å². The van der Waals surface area contributed by atoms with Gasteiger partial charge in [-0.15, -0.1) is 0 Å². The van der Waals surface area contributed by atoms with Crippen molar-refractivity contribution in [2.24, 2.45) is 41.4 Å². The van der Waals surface area contributed by atoms with E-state index in [0.717, 1.165) is 0 Å². The Hall–Kier alpha value is -0.921. The molecule has 1 aromatic carbocycles. The van der Waals surface area contributed by atoms with Crippen LogP contribution >= 0.6 is 0 Å². The fourth-order valence-electron chi connectivity index (χ4n) is 6.69. The average molecular weight is 329 g/mol. The molecular formula is C17H14O2Se. The van der Waals surface area contributed by atoms with Gasteiger partial charge in [0.2, 0.25) is 0 Å². The summed E-state index contributed by atoms with van der Waals surface area (Å²) in [5.41, 5.74) is 0. The maximum atomic E-state index is 13.0. The van der Waals surface area contributed by atoms with E-state index in [9.17, 15) is 9.59 Å². The Labute approximate surface area is 123 Å². The van der Waals surface area contributed by atoms with Crippen LogP contribution in [0.2, 0.25) is 4.31 Å². The molecule has 0 radical (unpaired) electrons. The Morgan fingerprint density at radius 1 is 1.05 bits per heavy atom. The fraction of sp³-hybridized carbons (Fsp3) is 0.529. The van der Waals surface area contributed by atoms with Gasteiger partial charge in [0.05, 0.1) is 0 Å². The molecule has 2 nitrogen and oxygen atoms in total. The van der Waals surface area contributed by atoms with E-state index >= 15 is 0 Å². The maximum absolute atomic E-state index is 13.0. The van der Waals surface area contributed by atoms with Crippen molar-refractivity contribution in [3.05, 3.63) is 30.3 Å². The number of ketones is 2. The van der Waals surface area contributed by atoms with Gasteiger partial charge >= 0.3 is 123 Å². The molecule has 8 atom stereocenters. The summed E-state index contributed by atoms with van der Waals surface area (Å²) in [7, 11) is 0. The van der Waals surface area contributed by atoms with Crippen molar-refractivity contribution >= 4 is 31.0 Å². The molecule has 0 saturated heterocycles. The van der Waals surface area contributed by atoms with Gasteiger partial charge in [-0.05, 0) is 0 Å². The first-order valence-corrected chi connectivity index (χ1v) is 9.28. The van der Waals surface area contributed by atoms with Crippen molar-refractivity contribution in [2.75, 3.05) is 0 Å². The van der Waals surface area contributed by atoms with E-state index in [2.05, 4.69) is 24.3 Å². The number of hydrogen-bond donors (Lipinski definition) is 0. The summed E-state index contributed by atoms with van der Waals surface area (Å²) in [4.78, 5) is 25.7. The Morgan fingerprint density at radius 2 is 1.85 bits per heavy atom. The second-order valence-corrected chi connectivity index (χ2v) is 10.0. The van der Waals surface area contributed by atoms with E-state index in [1.165, 1.54) is 10.9 Å². The van der Waals surface area contributed by atoms with Gasteiger partial charge in [-0.25, -0.2) is 0 Å². The molecule has 1 aromatic rings. The summed E-state index contributed by atoms with van der Waals surface area (Å²) in [6.45, 7) is 0. The molecule has 0 spiro atoms. The number of hydrogen-bond acceptors (Lipinski definition) is 2. The van der Waals surface area contributed by atoms with Crippen molar-refractivity contribution in [1.82, 2.24) is 0 Å². The molecule has 2 bridgehead atoms. The first-order valence-electron chi connectivity index (χ1n) is 7.57. The molecule has 5 saturated carbocycles. The molecule has 5 fully saturated rings. The topological polar surface area (TPSA) is 34.1 Å². The summed E-state index contributed by atoms with van der Waals surface area (Å²) in [5, 5.41) is 0. The third-order valence-electron chi connectivity index (χ3n) is 6.92. The van der Waals surface area contributed by atoms with Gasteiger partial charge in [0.1, 0.15) is 0 Å². The second-order valence-electron chi connectivity index (χ2n) is 7.17. The number of carbonyl (C=O) groups excluding carboxylic acids is 2. The van der Waals surface area contributed by atoms with Crippen LogP contribution in [0.4, 0.5) is 0 Å². The van der Waals surface area contributed by atoms with Crippen LogP contribution < -0.4 is 4.46 Å². The van der Waals surface area contributed by atoms with Crippen LogP contribution in [0.15, 0.2) is 30.3 Å². The molecule has 8 unspecified atom stereocenters. The number of rotatable bonds is 2. The van der Waals surface area contributed by atoms with Crippen LogP contribution in [0.5, 0.6) is 0 Å². The summed E-state index contributed by atoms with van der Waals surface area (Å²) in [5.74, 6) is 3.76. The zero-order valence-corrected chi connectivity index (χ0v) is 12.6. The molecule has 0 aliphatic heterocycles. The van der Waals surface area contributed by atoms with Gasteiger partial charge in [0, 0.05) is 0 Å². The van der Waals surface area contributed by atoms with Gasteiger partial charge in [0.15, 0.2) is 0 Å². The standard InChI is InChI=1S/C17H14O2Se/c18-15-10-8-6-9-11(10)16(19)17(13(9)12(8)14(15)17)20-7-4-2-1-3-5-7/h1-5,8-14H,6H2. The summed E-state index contributed by atoms with van der Waals surface area (Å²) in [6, 6.07) is 10.4. The monoisotopic (exact) mass is 330 g/mol. The summed E-state index contributed by atoms with van der Waals surface area (Å²) in [6.07, 6.45) is 1.19. The normalized spacial score (nSPS) is 55.9. The van der Waals surface area contributed by atoms with Crippen LogP contribution in [0.25, 0.3) is 0 Å². The van der Waals surface area contributed by atoms with Crippen LogP contribution in [0.1, 0.15) is 6.42 Å². The van der Waals surface area contributed by atoms with E-state index < -0.39 is 0 Å². The molecule has 0 N–H and O–H groups in total. The van der Waals surface area contributed by atoms with Gasteiger partial charge in [0.25, 0.3) is 0 Å². The van der Waals surface area contributed by atoms with E-state index in [-0.39, 0.29) is 37.0 Å². The number of benzene rings is 1. The first kappa shape index (κ1) is 10.8. The first-order chi connectivity index (χ1) is 9.75. The minimum absolute atomic E-state index is 0.124. The van der Waals surface area contributed by atoms with E-state index in [4.69, 9.17) is 0 Å². The molecule has 5 aliphatic carbocycles. The van der Waals surface area contributed by atoms with Crippen molar-refractivity contribution in [3.63, 3.8) is 0 Å². The predicted octanol–water partition coefficient (Wildman–Crippen LogP) is 1.08. The Morgan fingerprint density at radius 3 is 2.65 bits per heavy atom. The second kappa shape index (κ2) is 2.98. The molecule has 20 heavy (non-hydrogen) atoms. The molecule has 6 rings (SSSR count). The Balaban J connectivity index is 1.53. The Bertz CT molecular complexity index is 681. The fourth-order valence-corrected chi connectivity index (χ4v) is 10.4. The van der Waals surface area contributed by atoms with Gasteiger partial charge in [-0.3, -0.25) is 0 Å². The Kier molecular flexibility index (Phi) is 1.60. The summed E-state index contributed by atoms with van der Waals surface area (Å²) < 4.78 is 1.08. The molecule has 100 valence electrons. The molecule has 0 aromatic heterocycles. The third kappa shape index (κ3) is 0.805. The van der Waals surface area contributed by atoms with Gasteiger partial charge in [-0.1, -0.05) is 0 Å². The third-order valence-corrected chi connectivity index (χ3v) is 10.2. The minimum atomic E-state index is -0.215. The van der Waals surface area contributed by atoms with Crippen LogP contribution in [0, 0.1) is 41.4 Å². The predicted molar refractivity (Wildman–Crippen MR) is 73.6 cm³/mol. The van der Waals surface area contributed by atoms with Crippen molar-refractivity contribution < 1.29 is 9.59 Å². The molecule has 0 amide bonds. The number of Topliss-reactive ketones (excluding diaryl/α,β-unsaturated/α-hetero) is 2. The summed E-state index contributed by atoms with van der Waals surface area (Å²) >= 11 is 0.143.